The van der Waals surface area contributed by atoms with E-state index < -0.39 is 23.7 Å². The zero-order valence-electron chi connectivity index (χ0n) is 18.0. The Morgan fingerprint density at radius 3 is 2.15 bits per heavy atom. The van der Waals surface area contributed by atoms with E-state index in [4.69, 9.17) is 9.47 Å². The predicted octanol–water partition coefficient (Wildman–Crippen LogP) is 4.11. The summed E-state index contributed by atoms with van der Waals surface area (Å²) in [5, 5.41) is 11.2. The molecule has 1 aliphatic rings. The Morgan fingerprint density at radius 1 is 0.879 bits per heavy atom. The molecule has 1 fully saturated rings. The molecule has 0 aromatic heterocycles. The minimum absolute atomic E-state index is 0.0484. The van der Waals surface area contributed by atoms with Crippen LogP contribution in [0.2, 0.25) is 0 Å². The van der Waals surface area contributed by atoms with Gasteiger partial charge in [0.05, 0.1) is 37.0 Å². The highest BCUT2D eigenvalue weighted by Crippen LogP contribution is 2.43. The highest BCUT2D eigenvalue weighted by Gasteiger charge is 2.47. The van der Waals surface area contributed by atoms with Gasteiger partial charge in [0, 0.05) is 5.69 Å². The van der Waals surface area contributed by atoms with Crippen molar-refractivity contribution in [1.82, 2.24) is 0 Å². The second-order valence-electron chi connectivity index (χ2n) is 7.32. The number of Topliss-reactive ketones (excluding diaryl/α,β-unsaturated/α-hetero) is 1. The van der Waals surface area contributed by atoms with Crippen LogP contribution >= 0.6 is 0 Å². The first-order chi connectivity index (χ1) is 16.0. The molecular formula is C26H21NO6. The lowest BCUT2D eigenvalue weighted by Gasteiger charge is -2.25. The van der Waals surface area contributed by atoms with Crippen molar-refractivity contribution in [3.63, 3.8) is 0 Å². The number of hydrogen-bond acceptors (Lipinski definition) is 6. The first kappa shape index (κ1) is 21.8. The Balaban J connectivity index is 1.90. The summed E-state index contributed by atoms with van der Waals surface area (Å²) in [4.78, 5) is 39.5. The Kier molecular flexibility index (Phi) is 5.95. The van der Waals surface area contributed by atoms with Crippen LogP contribution in [0.15, 0.2) is 84.4 Å². The number of esters is 1. The van der Waals surface area contributed by atoms with Gasteiger partial charge in [-0.25, -0.2) is 4.79 Å². The Labute approximate surface area is 190 Å². The van der Waals surface area contributed by atoms with Crippen molar-refractivity contribution in [2.24, 2.45) is 0 Å². The molecule has 0 radical (unpaired) electrons. The molecule has 1 saturated heterocycles. The summed E-state index contributed by atoms with van der Waals surface area (Å²) in [7, 11) is 2.74. The predicted molar refractivity (Wildman–Crippen MR) is 122 cm³/mol. The second kappa shape index (κ2) is 9.00. The van der Waals surface area contributed by atoms with E-state index in [0.29, 0.717) is 28.1 Å². The van der Waals surface area contributed by atoms with E-state index >= 15 is 0 Å². The van der Waals surface area contributed by atoms with Crippen LogP contribution in [0.4, 0.5) is 5.69 Å². The van der Waals surface area contributed by atoms with Gasteiger partial charge in [-0.1, -0.05) is 42.5 Å². The molecule has 3 aromatic carbocycles. The number of anilines is 1. The standard InChI is InChI=1S/C26H21NO6/c1-32-20-11-7-6-10-19(20)23(28)21-22(16-8-4-3-5-9-16)27(25(30)24(21)29)18-14-12-17(13-15-18)26(31)33-2/h3-15,22,28H,1-2H3/b23-21+. The quantitative estimate of drug-likeness (QED) is 0.276. The molecular weight excluding hydrogens is 422 g/mol. The van der Waals surface area contributed by atoms with E-state index in [1.807, 2.05) is 6.07 Å². The molecule has 0 aliphatic carbocycles. The van der Waals surface area contributed by atoms with Gasteiger partial charge < -0.3 is 14.6 Å². The van der Waals surface area contributed by atoms with Gasteiger partial charge in [0.1, 0.15) is 11.5 Å². The summed E-state index contributed by atoms with van der Waals surface area (Å²) in [5.41, 5.74) is 1.61. The minimum Gasteiger partial charge on any atom is -0.507 e. The molecule has 7 heteroatoms. The Morgan fingerprint density at radius 2 is 1.52 bits per heavy atom. The summed E-state index contributed by atoms with van der Waals surface area (Å²) in [5.74, 6) is -2.07. The van der Waals surface area contributed by atoms with Crippen LogP contribution in [0, 0.1) is 0 Å². The fraction of sp³-hybridized carbons (Fsp3) is 0.115. The number of methoxy groups -OCH3 is 2. The largest absolute Gasteiger partial charge is 0.507 e. The molecule has 1 aliphatic heterocycles. The molecule has 0 saturated carbocycles. The average molecular weight is 443 g/mol. The van der Waals surface area contributed by atoms with Crippen LogP contribution in [0.25, 0.3) is 5.76 Å². The first-order valence-corrected chi connectivity index (χ1v) is 10.2. The lowest BCUT2D eigenvalue weighted by molar-refractivity contribution is -0.132. The number of carbonyl (C=O) groups excluding carboxylic acids is 3. The molecule has 1 N–H and O–H groups in total. The van der Waals surface area contributed by atoms with Gasteiger partial charge in [-0.05, 0) is 42.0 Å². The molecule has 0 spiro atoms. The highest BCUT2D eigenvalue weighted by atomic mass is 16.5. The molecule has 1 unspecified atom stereocenters. The zero-order chi connectivity index (χ0) is 23.5. The molecule has 1 heterocycles. The number of aliphatic hydroxyl groups is 1. The van der Waals surface area contributed by atoms with E-state index in [1.54, 1.807) is 60.7 Å². The number of rotatable bonds is 5. The summed E-state index contributed by atoms with van der Waals surface area (Å²) in [6, 6.07) is 21.0. The lowest BCUT2D eigenvalue weighted by Crippen LogP contribution is -2.29. The van der Waals surface area contributed by atoms with Crippen molar-refractivity contribution in [1.29, 1.82) is 0 Å². The van der Waals surface area contributed by atoms with Crippen molar-refractivity contribution >= 4 is 29.1 Å². The average Bonchev–Trinajstić information content (AvgIpc) is 3.14. The molecule has 166 valence electrons. The molecule has 3 aromatic rings. The number of amides is 1. The van der Waals surface area contributed by atoms with Gasteiger partial charge in [-0.15, -0.1) is 0 Å². The molecule has 0 bridgehead atoms. The third-order valence-electron chi connectivity index (χ3n) is 5.49. The SMILES string of the molecule is COC(=O)c1ccc(N2C(=O)C(=O)/C(=C(/O)c3ccccc3OC)C2c2ccccc2)cc1. The van der Waals surface area contributed by atoms with E-state index in [9.17, 15) is 19.5 Å². The van der Waals surface area contributed by atoms with Crippen LogP contribution in [0.3, 0.4) is 0 Å². The third kappa shape index (κ3) is 3.85. The topological polar surface area (TPSA) is 93.1 Å². The van der Waals surface area contributed by atoms with E-state index in [1.165, 1.54) is 31.3 Å². The summed E-state index contributed by atoms with van der Waals surface area (Å²) in [6.45, 7) is 0. The van der Waals surface area contributed by atoms with Crippen molar-refractivity contribution < 1.29 is 29.0 Å². The van der Waals surface area contributed by atoms with Gasteiger partial charge in [-0.3, -0.25) is 14.5 Å². The highest BCUT2D eigenvalue weighted by molar-refractivity contribution is 6.51. The lowest BCUT2D eigenvalue weighted by atomic mass is 9.95. The van der Waals surface area contributed by atoms with Crippen molar-refractivity contribution in [3.8, 4) is 5.75 Å². The molecule has 33 heavy (non-hydrogen) atoms. The summed E-state index contributed by atoms with van der Waals surface area (Å²) in [6.07, 6.45) is 0. The number of nitrogens with zero attached hydrogens (tertiary/aromatic N) is 1. The van der Waals surface area contributed by atoms with Gasteiger partial charge >= 0.3 is 5.97 Å². The van der Waals surface area contributed by atoms with Crippen molar-refractivity contribution in [2.75, 3.05) is 19.1 Å². The third-order valence-corrected chi connectivity index (χ3v) is 5.49. The number of ketones is 1. The number of carbonyl (C=O) groups is 3. The monoisotopic (exact) mass is 443 g/mol. The number of aliphatic hydroxyl groups excluding tert-OH is 1. The summed E-state index contributed by atoms with van der Waals surface area (Å²) < 4.78 is 10.1. The maximum atomic E-state index is 13.2. The van der Waals surface area contributed by atoms with Gasteiger partial charge in [0.2, 0.25) is 0 Å². The first-order valence-electron chi connectivity index (χ1n) is 10.2. The number of ether oxygens (including phenoxy) is 2. The van der Waals surface area contributed by atoms with Crippen molar-refractivity contribution in [2.45, 2.75) is 6.04 Å². The van der Waals surface area contributed by atoms with Gasteiger partial charge in [-0.2, -0.15) is 0 Å². The van der Waals surface area contributed by atoms with Crippen LogP contribution in [0.1, 0.15) is 27.5 Å². The zero-order valence-corrected chi connectivity index (χ0v) is 18.0. The van der Waals surface area contributed by atoms with Crippen LogP contribution in [0.5, 0.6) is 5.75 Å². The molecule has 1 atom stereocenters. The van der Waals surface area contributed by atoms with Gasteiger partial charge in [0.25, 0.3) is 11.7 Å². The Hall–Kier alpha value is -4.39. The number of hydrogen-bond donors (Lipinski definition) is 1. The van der Waals surface area contributed by atoms with E-state index in [0.717, 1.165) is 0 Å². The van der Waals surface area contributed by atoms with E-state index in [2.05, 4.69) is 0 Å². The van der Waals surface area contributed by atoms with Gasteiger partial charge in [0.15, 0.2) is 0 Å². The fourth-order valence-electron chi connectivity index (χ4n) is 3.91. The second-order valence-corrected chi connectivity index (χ2v) is 7.32. The smallest absolute Gasteiger partial charge is 0.337 e. The molecule has 4 rings (SSSR count). The Bertz CT molecular complexity index is 1250. The fourth-order valence-corrected chi connectivity index (χ4v) is 3.91. The molecule has 7 nitrogen and oxygen atoms in total. The number of para-hydroxylation sites is 1. The summed E-state index contributed by atoms with van der Waals surface area (Å²) >= 11 is 0. The normalized spacial score (nSPS) is 17.2. The van der Waals surface area contributed by atoms with Crippen LogP contribution in [-0.2, 0) is 14.3 Å². The number of benzene rings is 3. The van der Waals surface area contributed by atoms with Crippen LogP contribution in [-0.4, -0.2) is 37.0 Å². The van der Waals surface area contributed by atoms with Crippen molar-refractivity contribution in [3.05, 3.63) is 101 Å². The van der Waals surface area contributed by atoms with Crippen LogP contribution < -0.4 is 9.64 Å². The maximum absolute atomic E-state index is 13.2. The maximum Gasteiger partial charge on any atom is 0.337 e. The minimum atomic E-state index is -0.875. The van der Waals surface area contributed by atoms with E-state index in [-0.39, 0.29) is 11.3 Å². The molecule has 1 amide bonds.